The minimum atomic E-state index is -0.638. The molecule has 0 saturated heterocycles. The summed E-state index contributed by atoms with van der Waals surface area (Å²) >= 11 is 0. The summed E-state index contributed by atoms with van der Waals surface area (Å²) in [5, 5.41) is 0. The molecule has 0 atom stereocenters. The molecule has 0 spiro atoms. The van der Waals surface area contributed by atoms with Crippen molar-refractivity contribution in [1.29, 1.82) is 0 Å². The number of hydrogen-bond acceptors (Lipinski definition) is 7. The molecule has 0 aliphatic heterocycles. The normalized spacial score (nSPS) is 11.3. The van der Waals surface area contributed by atoms with Gasteiger partial charge in [-0.15, -0.1) is 19.7 Å². The average Bonchev–Trinajstić information content (AvgIpc) is 2.87. The van der Waals surface area contributed by atoms with E-state index in [4.69, 9.17) is 33.2 Å². The SMILES string of the molecule is C=CCCC(CCC=C)(CCC=C)COCC(COCOC=C)(COCOC=C)COCOC=C. The fourth-order valence-electron chi connectivity index (χ4n) is 3.61. The monoisotopic (exact) mass is 494 g/mol. The molecule has 0 N–H and O–H groups in total. The first kappa shape index (κ1) is 32.7. The lowest BCUT2D eigenvalue weighted by molar-refractivity contribution is -0.161. The van der Waals surface area contributed by atoms with Crippen LogP contribution in [-0.4, -0.2) is 53.4 Å². The van der Waals surface area contributed by atoms with Gasteiger partial charge in [0, 0.05) is 0 Å². The first-order chi connectivity index (χ1) is 17.1. The minimum Gasteiger partial charge on any atom is -0.476 e. The van der Waals surface area contributed by atoms with E-state index in [1.807, 2.05) is 18.2 Å². The largest absolute Gasteiger partial charge is 0.476 e. The molecular weight excluding hydrogens is 448 g/mol. The maximum atomic E-state index is 6.40. The van der Waals surface area contributed by atoms with Crippen molar-refractivity contribution >= 4 is 0 Å². The van der Waals surface area contributed by atoms with Gasteiger partial charge < -0.3 is 33.2 Å². The molecule has 0 saturated carbocycles. The van der Waals surface area contributed by atoms with Gasteiger partial charge in [-0.05, 0) is 43.9 Å². The molecule has 0 heterocycles. The standard InChI is InChI=1S/C28H46O7/c1-7-13-16-27(17-14-8-2,18-15-9-3)19-32-20-28(21-33-24-29-10-4,22-34-25-30-11-5)23-35-26-31-12-6/h7-12H,1-6,13-26H2. The van der Waals surface area contributed by atoms with Crippen molar-refractivity contribution in [1.82, 2.24) is 0 Å². The third-order valence-corrected chi connectivity index (χ3v) is 5.49. The lowest BCUT2D eigenvalue weighted by atomic mass is 9.76. The van der Waals surface area contributed by atoms with Crippen LogP contribution in [0.5, 0.6) is 0 Å². The van der Waals surface area contributed by atoms with Crippen LogP contribution in [0.4, 0.5) is 0 Å². The summed E-state index contributed by atoms with van der Waals surface area (Å²) in [6, 6.07) is 0. The van der Waals surface area contributed by atoms with E-state index in [1.165, 1.54) is 18.8 Å². The van der Waals surface area contributed by atoms with E-state index in [9.17, 15) is 0 Å². The van der Waals surface area contributed by atoms with Gasteiger partial charge in [0.2, 0.25) is 0 Å². The first-order valence-corrected chi connectivity index (χ1v) is 11.9. The molecule has 0 aromatic carbocycles. The molecule has 0 amide bonds. The maximum Gasteiger partial charge on any atom is 0.188 e. The van der Waals surface area contributed by atoms with Crippen molar-refractivity contribution in [2.24, 2.45) is 10.8 Å². The summed E-state index contributed by atoms with van der Waals surface area (Å²) in [5.74, 6) is 0. The first-order valence-electron chi connectivity index (χ1n) is 11.9. The van der Waals surface area contributed by atoms with Gasteiger partial charge in [-0.1, -0.05) is 38.0 Å². The van der Waals surface area contributed by atoms with Gasteiger partial charge in [0.05, 0.1) is 57.2 Å². The van der Waals surface area contributed by atoms with Crippen LogP contribution in [0.15, 0.2) is 76.5 Å². The van der Waals surface area contributed by atoms with Gasteiger partial charge in [0.25, 0.3) is 0 Å². The Hall–Kier alpha value is -2.32. The van der Waals surface area contributed by atoms with Crippen LogP contribution in [0.3, 0.4) is 0 Å². The van der Waals surface area contributed by atoms with Crippen molar-refractivity contribution in [3.05, 3.63) is 76.5 Å². The van der Waals surface area contributed by atoms with Crippen molar-refractivity contribution in [2.45, 2.75) is 38.5 Å². The zero-order valence-electron chi connectivity index (χ0n) is 21.5. The molecular formula is C28H46O7. The minimum absolute atomic E-state index is 0.0191. The topological polar surface area (TPSA) is 64.6 Å². The van der Waals surface area contributed by atoms with Crippen LogP contribution in [0.2, 0.25) is 0 Å². The van der Waals surface area contributed by atoms with Crippen LogP contribution >= 0.6 is 0 Å². The van der Waals surface area contributed by atoms with E-state index in [2.05, 4.69) is 39.5 Å². The van der Waals surface area contributed by atoms with Crippen molar-refractivity contribution in [2.75, 3.05) is 53.4 Å². The smallest absolute Gasteiger partial charge is 0.188 e. The van der Waals surface area contributed by atoms with Crippen LogP contribution in [0, 0.1) is 10.8 Å². The fourth-order valence-corrected chi connectivity index (χ4v) is 3.61. The molecule has 0 bridgehead atoms. The molecule has 0 aliphatic carbocycles. The summed E-state index contributed by atoms with van der Waals surface area (Å²) in [4.78, 5) is 0. The van der Waals surface area contributed by atoms with E-state index in [0.717, 1.165) is 38.5 Å². The number of rotatable bonds is 28. The zero-order valence-corrected chi connectivity index (χ0v) is 21.5. The molecule has 0 radical (unpaired) electrons. The Kier molecular flexibility index (Phi) is 20.7. The molecule has 0 rings (SSSR count). The highest BCUT2D eigenvalue weighted by Gasteiger charge is 2.35. The molecule has 7 heteroatoms. The second-order valence-corrected chi connectivity index (χ2v) is 8.37. The number of allylic oxidation sites excluding steroid dienone is 3. The quantitative estimate of drug-likeness (QED) is 0.0549. The lowest BCUT2D eigenvalue weighted by Gasteiger charge is -2.37. The van der Waals surface area contributed by atoms with E-state index < -0.39 is 5.41 Å². The summed E-state index contributed by atoms with van der Waals surface area (Å²) in [5.41, 5.74) is -0.657. The van der Waals surface area contributed by atoms with Gasteiger partial charge in [-0.3, -0.25) is 0 Å². The van der Waals surface area contributed by atoms with Crippen LogP contribution in [-0.2, 0) is 33.2 Å². The highest BCUT2D eigenvalue weighted by molar-refractivity contribution is 4.88. The van der Waals surface area contributed by atoms with Gasteiger partial charge >= 0.3 is 0 Å². The van der Waals surface area contributed by atoms with E-state index in [0.29, 0.717) is 13.2 Å². The summed E-state index contributed by atoms with van der Waals surface area (Å²) < 4.78 is 39.0. The second-order valence-electron chi connectivity index (χ2n) is 8.37. The van der Waals surface area contributed by atoms with Crippen LogP contribution in [0.1, 0.15) is 38.5 Å². The summed E-state index contributed by atoms with van der Waals surface area (Å²) in [6.45, 7) is 24.2. The maximum absolute atomic E-state index is 6.40. The third-order valence-electron chi connectivity index (χ3n) is 5.49. The van der Waals surface area contributed by atoms with Crippen molar-refractivity contribution < 1.29 is 33.2 Å². The number of hydrogen-bond donors (Lipinski definition) is 0. The van der Waals surface area contributed by atoms with Crippen molar-refractivity contribution in [3.63, 3.8) is 0 Å². The Morgan fingerprint density at radius 3 is 1.06 bits per heavy atom. The fraction of sp³-hybridized carbons (Fsp3) is 0.571. The molecule has 0 aromatic heterocycles. The predicted octanol–water partition coefficient (Wildman–Crippen LogP) is 6.28. The summed E-state index contributed by atoms with van der Waals surface area (Å²) in [7, 11) is 0. The molecule has 0 unspecified atom stereocenters. The highest BCUT2D eigenvalue weighted by Crippen LogP contribution is 2.37. The highest BCUT2D eigenvalue weighted by atomic mass is 16.7. The molecule has 200 valence electrons. The van der Waals surface area contributed by atoms with E-state index in [-0.39, 0.29) is 45.6 Å². The zero-order chi connectivity index (χ0) is 26.1. The van der Waals surface area contributed by atoms with Crippen molar-refractivity contribution in [3.8, 4) is 0 Å². The van der Waals surface area contributed by atoms with Gasteiger partial charge in [0.15, 0.2) is 20.4 Å². The van der Waals surface area contributed by atoms with Gasteiger partial charge in [-0.25, -0.2) is 0 Å². The Bertz CT molecular complexity index is 516. The second kappa shape index (κ2) is 22.2. The number of ether oxygens (including phenoxy) is 7. The Morgan fingerprint density at radius 1 is 0.429 bits per heavy atom. The third kappa shape index (κ3) is 16.1. The molecule has 35 heavy (non-hydrogen) atoms. The Balaban J connectivity index is 5.55. The molecule has 0 fully saturated rings. The van der Waals surface area contributed by atoms with Crippen LogP contribution < -0.4 is 0 Å². The molecule has 0 aromatic rings. The molecule has 7 nitrogen and oxygen atoms in total. The van der Waals surface area contributed by atoms with Gasteiger partial charge in [0.1, 0.15) is 0 Å². The van der Waals surface area contributed by atoms with E-state index >= 15 is 0 Å². The average molecular weight is 495 g/mol. The summed E-state index contributed by atoms with van der Waals surface area (Å²) in [6.07, 6.45) is 15.5. The predicted molar refractivity (Wildman–Crippen MR) is 140 cm³/mol. The molecule has 0 aliphatic rings. The Morgan fingerprint density at radius 2 is 0.743 bits per heavy atom. The van der Waals surface area contributed by atoms with Gasteiger partial charge in [-0.2, -0.15) is 0 Å². The lowest BCUT2D eigenvalue weighted by Crippen LogP contribution is -2.43. The Labute approximate surface area is 212 Å². The van der Waals surface area contributed by atoms with E-state index in [1.54, 1.807) is 0 Å². The van der Waals surface area contributed by atoms with Crippen LogP contribution in [0.25, 0.3) is 0 Å².